The molecule has 116 valence electrons. The maximum atomic E-state index is 10.8. The average molecular weight is 308 g/mol. The van der Waals surface area contributed by atoms with Crippen molar-refractivity contribution in [3.05, 3.63) is 78.2 Å². The number of rotatable bonds is 5. The number of carboxylic acids is 1. The molecule has 0 bridgehead atoms. The third-order valence-electron chi connectivity index (χ3n) is 3.47. The highest BCUT2D eigenvalue weighted by molar-refractivity contribution is 5.88. The first-order valence-corrected chi connectivity index (χ1v) is 7.15. The Balaban J connectivity index is 1.65. The molecule has 0 spiro atoms. The fourth-order valence-corrected chi connectivity index (χ4v) is 2.28. The summed E-state index contributed by atoms with van der Waals surface area (Å²) in [5, 5.41) is 11.4. The van der Waals surface area contributed by atoms with E-state index in [1.165, 1.54) is 17.1 Å². The van der Waals surface area contributed by atoms with Gasteiger partial charge < -0.3 is 9.52 Å². The van der Waals surface area contributed by atoms with E-state index in [9.17, 15) is 4.79 Å². The Hall–Kier alpha value is -3.05. The van der Waals surface area contributed by atoms with Crippen molar-refractivity contribution in [3.8, 4) is 0 Å². The van der Waals surface area contributed by atoms with Crippen molar-refractivity contribution in [3.63, 3.8) is 0 Å². The molecule has 0 fully saturated rings. The molecule has 23 heavy (non-hydrogen) atoms. The van der Waals surface area contributed by atoms with Crippen LogP contribution in [0, 0.1) is 0 Å². The Kier molecular flexibility index (Phi) is 4.12. The number of nitrogens with two attached hydrogens (primary N) is 1. The maximum Gasteiger partial charge on any atom is 0.335 e. The molecule has 5 heteroatoms. The van der Waals surface area contributed by atoms with Gasteiger partial charge in [-0.2, -0.15) is 0 Å². The van der Waals surface area contributed by atoms with Gasteiger partial charge in [0.05, 0.1) is 11.3 Å². The normalized spacial score (nSPS) is 11.2. The molecule has 3 N–H and O–H groups in total. The number of hydrazine groups is 1. The fourth-order valence-electron chi connectivity index (χ4n) is 2.28. The highest BCUT2D eigenvalue weighted by Gasteiger charge is 2.04. The van der Waals surface area contributed by atoms with Gasteiger partial charge in [0, 0.05) is 18.0 Å². The van der Waals surface area contributed by atoms with E-state index < -0.39 is 5.97 Å². The van der Waals surface area contributed by atoms with Gasteiger partial charge in [-0.1, -0.05) is 24.3 Å². The zero-order valence-corrected chi connectivity index (χ0v) is 12.3. The zero-order valence-electron chi connectivity index (χ0n) is 12.3. The van der Waals surface area contributed by atoms with Crippen LogP contribution in [-0.4, -0.2) is 11.1 Å². The quantitative estimate of drug-likeness (QED) is 0.556. The van der Waals surface area contributed by atoms with E-state index in [1.54, 1.807) is 18.3 Å². The molecule has 5 nitrogen and oxygen atoms in total. The SMILES string of the molecule is NN(/C=C\Cc1cc2ccccc2o1)c1ccc(C(=O)O)cc1. The predicted octanol–water partition coefficient (Wildman–Crippen LogP) is 3.57. The van der Waals surface area contributed by atoms with Crippen molar-refractivity contribution in [1.82, 2.24) is 0 Å². The van der Waals surface area contributed by atoms with Gasteiger partial charge in [0.2, 0.25) is 0 Å². The molecule has 0 aliphatic rings. The minimum absolute atomic E-state index is 0.230. The van der Waals surface area contributed by atoms with Crippen molar-refractivity contribution in [1.29, 1.82) is 0 Å². The van der Waals surface area contributed by atoms with Crippen LogP contribution in [0.5, 0.6) is 0 Å². The monoisotopic (exact) mass is 308 g/mol. The fraction of sp³-hybridized carbons (Fsp3) is 0.0556. The summed E-state index contributed by atoms with van der Waals surface area (Å²) < 4.78 is 5.72. The summed E-state index contributed by atoms with van der Waals surface area (Å²) in [4.78, 5) is 10.8. The van der Waals surface area contributed by atoms with Gasteiger partial charge in [-0.3, -0.25) is 5.01 Å². The van der Waals surface area contributed by atoms with Gasteiger partial charge in [0.15, 0.2) is 0 Å². The first kappa shape index (κ1) is 14.9. The number of para-hydroxylation sites is 1. The second-order valence-corrected chi connectivity index (χ2v) is 5.10. The molecule has 3 aromatic rings. The molecule has 1 aromatic heterocycles. The van der Waals surface area contributed by atoms with Crippen molar-refractivity contribution < 1.29 is 14.3 Å². The van der Waals surface area contributed by atoms with Crippen LogP contribution in [0.25, 0.3) is 11.0 Å². The number of furan rings is 1. The topological polar surface area (TPSA) is 79.7 Å². The second kappa shape index (κ2) is 6.37. The van der Waals surface area contributed by atoms with Gasteiger partial charge in [0.25, 0.3) is 0 Å². The van der Waals surface area contributed by atoms with E-state index in [-0.39, 0.29) is 5.56 Å². The Morgan fingerprint density at radius 1 is 1.17 bits per heavy atom. The number of aromatic carboxylic acids is 1. The van der Waals surface area contributed by atoms with Crippen molar-refractivity contribution in [2.45, 2.75) is 6.42 Å². The average Bonchev–Trinajstić information content (AvgIpc) is 2.97. The lowest BCUT2D eigenvalue weighted by molar-refractivity contribution is 0.0697. The maximum absolute atomic E-state index is 10.8. The summed E-state index contributed by atoms with van der Waals surface area (Å²) in [5.41, 5.74) is 1.80. The summed E-state index contributed by atoms with van der Waals surface area (Å²) in [6, 6.07) is 16.2. The molecule has 0 unspecified atom stereocenters. The molecule has 0 amide bonds. The van der Waals surface area contributed by atoms with Crippen LogP contribution in [0.3, 0.4) is 0 Å². The minimum atomic E-state index is -0.958. The van der Waals surface area contributed by atoms with Crippen molar-refractivity contribution >= 4 is 22.6 Å². The van der Waals surface area contributed by atoms with Crippen molar-refractivity contribution in [2.75, 3.05) is 5.01 Å². The molecular formula is C18H16N2O3. The largest absolute Gasteiger partial charge is 0.478 e. The van der Waals surface area contributed by atoms with Crippen LogP contribution >= 0.6 is 0 Å². The third kappa shape index (κ3) is 3.41. The molecule has 3 rings (SSSR count). The Morgan fingerprint density at radius 2 is 1.91 bits per heavy atom. The number of fused-ring (bicyclic) bond motifs is 1. The summed E-state index contributed by atoms with van der Waals surface area (Å²) in [5.74, 6) is 5.83. The standard InChI is InChI=1S/C18H16N2O3/c19-20(15-9-7-13(8-10-15)18(21)22)11-3-5-16-12-14-4-1-2-6-17(14)23-16/h1-4,6-12H,5,19H2,(H,21,22)/b11-3-. The first-order chi connectivity index (χ1) is 11.1. The van der Waals surface area contributed by atoms with Crippen molar-refractivity contribution in [2.24, 2.45) is 5.84 Å². The molecule has 0 saturated heterocycles. The smallest absolute Gasteiger partial charge is 0.335 e. The number of carboxylic acid groups (broad SMARTS) is 1. The van der Waals surface area contributed by atoms with Gasteiger partial charge in [-0.15, -0.1) is 0 Å². The van der Waals surface area contributed by atoms with Gasteiger partial charge >= 0.3 is 5.97 Å². The zero-order chi connectivity index (χ0) is 16.2. The number of nitrogens with zero attached hydrogens (tertiary/aromatic N) is 1. The van der Waals surface area contributed by atoms with Gasteiger partial charge in [-0.05, 0) is 36.4 Å². The van der Waals surface area contributed by atoms with Crippen LogP contribution < -0.4 is 10.9 Å². The highest BCUT2D eigenvalue weighted by atomic mass is 16.4. The van der Waals surface area contributed by atoms with E-state index in [4.69, 9.17) is 15.4 Å². The van der Waals surface area contributed by atoms with E-state index >= 15 is 0 Å². The Bertz CT molecular complexity index is 817. The molecule has 0 atom stereocenters. The number of hydrogen-bond acceptors (Lipinski definition) is 4. The van der Waals surface area contributed by atoms with E-state index in [0.717, 1.165) is 16.7 Å². The number of benzene rings is 2. The van der Waals surface area contributed by atoms with Gasteiger partial charge in [-0.25, -0.2) is 10.6 Å². The summed E-state index contributed by atoms with van der Waals surface area (Å²) in [6.07, 6.45) is 4.24. The predicted molar refractivity (Wildman–Crippen MR) is 89.1 cm³/mol. The second-order valence-electron chi connectivity index (χ2n) is 5.10. The molecule has 0 aliphatic carbocycles. The Morgan fingerprint density at radius 3 is 2.61 bits per heavy atom. The molecule has 0 aliphatic heterocycles. The van der Waals surface area contributed by atoms with E-state index in [2.05, 4.69) is 0 Å². The lowest BCUT2D eigenvalue weighted by Gasteiger charge is -2.13. The van der Waals surface area contributed by atoms with E-state index in [1.807, 2.05) is 36.4 Å². The van der Waals surface area contributed by atoms with Crippen LogP contribution in [0.2, 0.25) is 0 Å². The molecular weight excluding hydrogens is 292 g/mol. The molecule has 1 heterocycles. The third-order valence-corrected chi connectivity index (χ3v) is 3.47. The minimum Gasteiger partial charge on any atom is -0.478 e. The molecule has 0 saturated carbocycles. The van der Waals surface area contributed by atoms with E-state index in [0.29, 0.717) is 12.1 Å². The lowest BCUT2D eigenvalue weighted by Crippen LogP contribution is -2.24. The lowest BCUT2D eigenvalue weighted by atomic mass is 10.2. The summed E-state index contributed by atoms with van der Waals surface area (Å²) in [6.45, 7) is 0. The number of allylic oxidation sites excluding steroid dienone is 1. The molecule has 0 radical (unpaired) electrons. The number of anilines is 1. The van der Waals surface area contributed by atoms with Crippen LogP contribution in [-0.2, 0) is 6.42 Å². The van der Waals surface area contributed by atoms with Gasteiger partial charge in [0.1, 0.15) is 11.3 Å². The summed E-state index contributed by atoms with van der Waals surface area (Å²) >= 11 is 0. The first-order valence-electron chi connectivity index (χ1n) is 7.15. The van der Waals surface area contributed by atoms with Crippen LogP contribution in [0.4, 0.5) is 5.69 Å². The highest BCUT2D eigenvalue weighted by Crippen LogP contribution is 2.19. The van der Waals surface area contributed by atoms with Crippen LogP contribution in [0.1, 0.15) is 16.1 Å². The summed E-state index contributed by atoms with van der Waals surface area (Å²) in [7, 11) is 0. The number of carbonyl (C=O) groups is 1. The van der Waals surface area contributed by atoms with Crippen LogP contribution in [0.15, 0.2) is 71.3 Å². The Labute approximate surface area is 133 Å². The molecule has 2 aromatic carbocycles. The number of hydrogen-bond donors (Lipinski definition) is 2.